The number of halogens is 1. The van der Waals surface area contributed by atoms with E-state index in [4.69, 9.17) is 4.74 Å². The molecule has 2 amide bonds. The molecule has 0 heterocycles. The summed E-state index contributed by atoms with van der Waals surface area (Å²) < 4.78 is 18.5. The summed E-state index contributed by atoms with van der Waals surface area (Å²) in [5.74, 6) is 1.38. The van der Waals surface area contributed by atoms with Crippen molar-refractivity contribution in [3.63, 3.8) is 0 Å². The SMILES string of the molecule is O=C(NCCCSc1ccc(F)cc1)Nc1cccc(COCC2CC2)c1. The maximum absolute atomic E-state index is 12.8. The zero-order valence-electron chi connectivity index (χ0n) is 15.2. The molecular weight excluding hydrogens is 363 g/mol. The normalized spacial score (nSPS) is 13.4. The molecule has 2 aromatic carbocycles. The van der Waals surface area contributed by atoms with Crippen LogP contribution < -0.4 is 10.6 Å². The van der Waals surface area contributed by atoms with Gasteiger partial charge in [0.15, 0.2) is 0 Å². The summed E-state index contributed by atoms with van der Waals surface area (Å²) in [6.45, 7) is 1.99. The Balaban J connectivity index is 1.30. The summed E-state index contributed by atoms with van der Waals surface area (Å²) in [4.78, 5) is 13.0. The lowest BCUT2D eigenvalue weighted by Crippen LogP contribution is -2.29. The fraction of sp³-hybridized carbons (Fsp3) is 0.381. The molecule has 0 aromatic heterocycles. The van der Waals surface area contributed by atoms with Crippen LogP contribution in [0.1, 0.15) is 24.8 Å². The highest BCUT2D eigenvalue weighted by Gasteiger charge is 2.21. The van der Waals surface area contributed by atoms with E-state index in [1.165, 1.54) is 25.0 Å². The van der Waals surface area contributed by atoms with E-state index >= 15 is 0 Å². The molecule has 1 saturated carbocycles. The maximum Gasteiger partial charge on any atom is 0.319 e. The van der Waals surface area contributed by atoms with E-state index in [1.807, 2.05) is 24.3 Å². The first-order valence-corrected chi connectivity index (χ1v) is 10.3. The molecule has 0 saturated heterocycles. The molecule has 0 aliphatic heterocycles. The van der Waals surface area contributed by atoms with Crippen molar-refractivity contribution in [3.8, 4) is 0 Å². The van der Waals surface area contributed by atoms with Crippen LogP contribution in [-0.2, 0) is 11.3 Å². The lowest BCUT2D eigenvalue weighted by molar-refractivity contribution is 0.111. The molecule has 0 spiro atoms. The number of anilines is 1. The molecule has 0 atom stereocenters. The molecule has 0 radical (unpaired) electrons. The minimum atomic E-state index is -0.226. The van der Waals surface area contributed by atoms with Gasteiger partial charge >= 0.3 is 6.03 Å². The summed E-state index contributed by atoms with van der Waals surface area (Å²) >= 11 is 1.65. The molecule has 4 nitrogen and oxygen atoms in total. The Morgan fingerprint density at radius 3 is 2.78 bits per heavy atom. The van der Waals surface area contributed by atoms with Gasteiger partial charge in [0.25, 0.3) is 0 Å². The molecule has 2 aromatic rings. The van der Waals surface area contributed by atoms with E-state index in [0.717, 1.165) is 40.8 Å². The second-order valence-corrected chi connectivity index (χ2v) is 7.86. The van der Waals surface area contributed by atoms with E-state index in [0.29, 0.717) is 13.2 Å². The Morgan fingerprint density at radius 1 is 1.19 bits per heavy atom. The Bertz CT molecular complexity index is 735. The van der Waals surface area contributed by atoms with Gasteiger partial charge in [-0.15, -0.1) is 11.8 Å². The van der Waals surface area contributed by atoms with E-state index in [1.54, 1.807) is 23.9 Å². The third-order valence-corrected chi connectivity index (χ3v) is 5.29. The van der Waals surface area contributed by atoms with Gasteiger partial charge in [0.2, 0.25) is 0 Å². The summed E-state index contributed by atoms with van der Waals surface area (Å²) in [5.41, 5.74) is 1.82. The standard InChI is InChI=1S/C21H25FN2O2S/c22-18-7-9-20(10-8-18)27-12-2-11-23-21(25)24-19-4-1-3-17(13-19)15-26-14-16-5-6-16/h1,3-4,7-10,13,16H,2,5-6,11-12,14-15H2,(H2,23,24,25). The lowest BCUT2D eigenvalue weighted by atomic mass is 10.2. The second-order valence-electron chi connectivity index (χ2n) is 6.70. The molecule has 0 unspecified atom stereocenters. The molecule has 2 N–H and O–H groups in total. The summed E-state index contributed by atoms with van der Waals surface area (Å²) in [7, 11) is 0. The molecule has 1 fully saturated rings. The van der Waals surface area contributed by atoms with Crippen LogP contribution >= 0.6 is 11.8 Å². The van der Waals surface area contributed by atoms with Crippen molar-refractivity contribution in [3.05, 3.63) is 59.9 Å². The Labute approximate surface area is 163 Å². The summed E-state index contributed by atoms with van der Waals surface area (Å²) in [5, 5.41) is 5.71. The molecule has 1 aliphatic carbocycles. The van der Waals surface area contributed by atoms with Gasteiger partial charge in [0.1, 0.15) is 5.82 Å². The largest absolute Gasteiger partial charge is 0.376 e. The fourth-order valence-electron chi connectivity index (χ4n) is 2.54. The fourth-order valence-corrected chi connectivity index (χ4v) is 3.39. The third-order valence-electron chi connectivity index (χ3n) is 4.19. The average Bonchev–Trinajstić information content (AvgIpc) is 3.48. The van der Waals surface area contributed by atoms with Gasteiger partial charge in [-0.25, -0.2) is 9.18 Å². The van der Waals surface area contributed by atoms with Gasteiger partial charge in [-0.05, 0) is 72.9 Å². The number of rotatable bonds is 10. The first-order chi connectivity index (χ1) is 13.2. The monoisotopic (exact) mass is 388 g/mol. The predicted molar refractivity (Wildman–Crippen MR) is 108 cm³/mol. The minimum absolute atomic E-state index is 0.210. The van der Waals surface area contributed by atoms with Crippen molar-refractivity contribution < 1.29 is 13.9 Å². The number of carbonyl (C=O) groups is 1. The van der Waals surface area contributed by atoms with Gasteiger partial charge in [0, 0.05) is 23.7 Å². The van der Waals surface area contributed by atoms with Crippen molar-refractivity contribution in [2.24, 2.45) is 5.92 Å². The highest BCUT2D eigenvalue weighted by Crippen LogP contribution is 2.29. The molecular formula is C21H25FN2O2S. The third kappa shape index (κ3) is 7.61. The smallest absolute Gasteiger partial charge is 0.319 e. The number of nitrogens with one attached hydrogen (secondary N) is 2. The maximum atomic E-state index is 12.8. The number of urea groups is 1. The Kier molecular flexibility index (Phi) is 7.54. The molecule has 6 heteroatoms. The molecule has 1 aliphatic rings. The van der Waals surface area contributed by atoms with Gasteiger partial charge in [0.05, 0.1) is 6.61 Å². The van der Waals surface area contributed by atoms with Crippen LogP contribution in [0.2, 0.25) is 0 Å². The summed E-state index contributed by atoms with van der Waals surface area (Å²) in [6, 6.07) is 14.0. The van der Waals surface area contributed by atoms with E-state index in [2.05, 4.69) is 10.6 Å². The minimum Gasteiger partial charge on any atom is -0.376 e. The first-order valence-electron chi connectivity index (χ1n) is 9.29. The van der Waals surface area contributed by atoms with Crippen LogP contribution in [0.4, 0.5) is 14.9 Å². The van der Waals surface area contributed by atoms with Crippen LogP contribution in [-0.4, -0.2) is 24.9 Å². The van der Waals surface area contributed by atoms with Gasteiger partial charge in [-0.2, -0.15) is 0 Å². The number of thioether (sulfide) groups is 1. The van der Waals surface area contributed by atoms with Crippen LogP contribution in [0.5, 0.6) is 0 Å². The Hall–Kier alpha value is -2.05. The molecule has 27 heavy (non-hydrogen) atoms. The lowest BCUT2D eigenvalue weighted by Gasteiger charge is -2.09. The van der Waals surface area contributed by atoms with Crippen molar-refractivity contribution in [1.29, 1.82) is 0 Å². The van der Waals surface area contributed by atoms with Gasteiger partial charge in [-0.3, -0.25) is 0 Å². The molecule has 3 rings (SSSR count). The quantitative estimate of drug-likeness (QED) is 0.442. The highest BCUT2D eigenvalue weighted by atomic mass is 32.2. The number of benzene rings is 2. The number of hydrogen-bond acceptors (Lipinski definition) is 3. The zero-order chi connectivity index (χ0) is 18.9. The second kappa shape index (κ2) is 10.3. The molecule has 144 valence electrons. The van der Waals surface area contributed by atoms with Gasteiger partial charge in [-0.1, -0.05) is 12.1 Å². The van der Waals surface area contributed by atoms with Crippen LogP contribution in [0.15, 0.2) is 53.4 Å². The number of amides is 2. The number of hydrogen-bond donors (Lipinski definition) is 2. The van der Waals surface area contributed by atoms with E-state index in [9.17, 15) is 9.18 Å². The van der Waals surface area contributed by atoms with E-state index in [-0.39, 0.29) is 11.8 Å². The predicted octanol–water partition coefficient (Wildman–Crippen LogP) is 5.06. The van der Waals surface area contributed by atoms with Gasteiger partial charge < -0.3 is 15.4 Å². The summed E-state index contributed by atoms with van der Waals surface area (Å²) in [6.07, 6.45) is 3.40. The van der Waals surface area contributed by atoms with E-state index < -0.39 is 0 Å². The highest BCUT2D eigenvalue weighted by molar-refractivity contribution is 7.99. The average molecular weight is 389 g/mol. The number of carbonyl (C=O) groups excluding carboxylic acids is 1. The topological polar surface area (TPSA) is 50.4 Å². The van der Waals surface area contributed by atoms with Crippen molar-refractivity contribution in [2.75, 3.05) is 24.2 Å². The molecule has 0 bridgehead atoms. The zero-order valence-corrected chi connectivity index (χ0v) is 16.1. The Morgan fingerprint density at radius 2 is 2.00 bits per heavy atom. The van der Waals surface area contributed by atoms with Crippen LogP contribution in [0.25, 0.3) is 0 Å². The van der Waals surface area contributed by atoms with Crippen molar-refractivity contribution in [1.82, 2.24) is 5.32 Å². The van der Waals surface area contributed by atoms with Crippen LogP contribution in [0.3, 0.4) is 0 Å². The number of ether oxygens (including phenoxy) is 1. The van der Waals surface area contributed by atoms with Crippen molar-refractivity contribution >= 4 is 23.5 Å². The van der Waals surface area contributed by atoms with Crippen molar-refractivity contribution in [2.45, 2.75) is 30.8 Å². The van der Waals surface area contributed by atoms with Crippen LogP contribution in [0, 0.1) is 11.7 Å². The first kappa shape index (κ1) is 19.7.